The summed E-state index contributed by atoms with van der Waals surface area (Å²) in [6.45, 7) is 6.57. The maximum Gasteiger partial charge on any atom is 0.254 e. The molecular weight excluding hydrogens is 292 g/mol. The molecule has 0 saturated carbocycles. The minimum absolute atomic E-state index is 0.0952. The molecule has 0 bridgehead atoms. The zero-order valence-electron chi connectivity index (χ0n) is 14.0. The maximum atomic E-state index is 12.7. The van der Waals surface area contributed by atoms with Gasteiger partial charge in [-0.15, -0.1) is 0 Å². The number of methoxy groups -OCH3 is 1. The molecule has 126 valence electrons. The number of nitrogens with one attached hydrogen (secondary N) is 1. The number of carbonyl (C=O) groups excluding carboxylic acids is 1. The van der Waals surface area contributed by atoms with Gasteiger partial charge in [-0.2, -0.15) is 0 Å². The van der Waals surface area contributed by atoms with Crippen LogP contribution in [0, 0.1) is 11.8 Å². The molecule has 2 aliphatic heterocycles. The van der Waals surface area contributed by atoms with Crippen LogP contribution >= 0.6 is 0 Å². The fourth-order valence-electron chi connectivity index (χ4n) is 3.45. The Kier molecular flexibility index (Phi) is 5.06. The largest absolute Gasteiger partial charge is 0.493 e. The lowest BCUT2D eigenvalue weighted by molar-refractivity contribution is 0.0781. The molecule has 3 rings (SSSR count). The van der Waals surface area contributed by atoms with Gasteiger partial charge < -0.3 is 19.7 Å². The van der Waals surface area contributed by atoms with Crippen molar-refractivity contribution in [3.63, 3.8) is 0 Å². The van der Waals surface area contributed by atoms with Crippen molar-refractivity contribution in [1.29, 1.82) is 0 Å². The Hall–Kier alpha value is -1.75. The van der Waals surface area contributed by atoms with Crippen molar-refractivity contribution in [2.75, 3.05) is 39.9 Å². The first-order chi connectivity index (χ1) is 11.2. The first kappa shape index (κ1) is 16.1. The quantitative estimate of drug-likeness (QED) is 0.817. The van der Waals surface area contributed by atoms with Crippen LogP contribution in [0.1, 0.15) is 30.1 Å². The van der Waals surface area contributed by atoms with Gasteiger partial charge in [0.2, 0.25) is 0 Å². The molecule has 0 aliphatic carbocycles. The standard InChI is InChI=1S/C18H26N2O3/c1-3-4-7-23-16-6-5-13(8-17(16)22-2)18(21)20-11-14-9-19-10-15(14)12-20/h5-6,8,14-15,19H,3-4,7,9-12H2,1-2H3/t14-,15+. The van der Waals surface area contributed by atoms with E-state index in [1.807, 2.05) is 17.0 Å². The lowest BCUT2D eigenvalue weighted by atomic mass is 10.0. The minimum Gasteiger partial charge on any atom is -0.493 e. The van der Waals surface area contributed by atoms with E-state index in [1.165, 1.54) is 0 Å². The number of likely N-dealkylation sites (tertiary alicyclic amines) is 1. The van der Waals surface area contributed by atoms with Gasteiger partial charge in [-0.05, 0) is 36.5 Å². The van der Waals surface area contributed by atoms with Gasteiger partial charge in [0, 0.05) is 31.7 Å². The number of benzene rings is 1. The third kappa shape index (κ3) is 3.44. The van der Waals surface area contributed by atoms with Gasteiger partial charge in [0.1, 0.15) is 0 Å². The van der Waals surface area contributed by atoms with E-state index < -0.39 is 0 Å². The van der Waals surface area contributed by atoms with Crippen LogP contribution in [0.15, 0.2) is 18.2 Å². The normalized spacial score (nSPS) is 23.0. The Bertz CT molecular complexity index is 549. The SMILES string of the molecule is CCCCOc1ccc(C(=O)N2C[C@H]3CNC[C@H]3C2)cc1OC. The number of unbranched alkanes of at least 4 members (excludes halogenated alkanes) is 1. The Labute approximate surface area is 137 Å². The highest BCUT2D eigenvalue weighted by atomic mass is 16.5. The van der Waals surface area contributed by atoms with Crippen LogP contribution in [0.3, 0.4) is 0 Å². The molecule has 0 radical (unpaired) electrons. The van der Waals surface area contributed by atoms with Crippen molar-refractivity contribution in [1.82, 2.24) is 10.2 Å². The summed E-state index contributed by atoms with van der Waals surface area (Å²) in [5.41, 5.74) is 0.678. The van der Waals surface area contributed by atoms with Crippen LogP contribution in [0.25, 0.3) is 0 Å². The summed E-state index contributed by atoms with van der Waals surface area (Å²) in [4.78, 5) is 14.7. The fourth-order valence-corrected chi connectivity index (χ4v) is 3.45. The van der Waals surface area contributed by atoms with Gasteiger partial charge in [-0.1, -0.05) is 13.3 Å². The fraction of sp³-hybridized carbons (Fsp3) is 0.611. The molecule has 2 heterocycles. The first-order valence-electron chi connectivity index (χ1n) is 8.53. The summed E-state index contributed by atoms with van der Waals surface area (Å²) < 4.78 is 11.1. The second kappa shape index (κ2) is 7.21. The Morgan fingerprint density at radius 3 is 2.65 bits per heavy atom. The Morgan fingerprint density at radius 1 is 1.26 bits per heavy atom. The average molecular weight is 318 g/mol. The Morgan fingerprint density at radius 2 is 2.00 bits per heavy atom. The third-order valence-corrected chi connectivity index (χ3v) is 4.84. The van der Waals surface area contributed by atoms with Crippen molar-refractivity contribution in [2.45, 2.75) is 19.8 Å². The summed E-state index contributed by atoms with van der Waals surface area (Å²) in [5, 5.41) is 3.40. The number of rotatable bonds is 6. The molecule has 2 saturated heterocycles. The smallest absolute Gasteiger partial charge is 0.254 e. The van der Waals surface area contributed by atoms with Gasteiger partial charge in [0.25, 0.3) is 5.91 Å². The van der Waals surface area contributed by atoms with Crippen molar-refractivity contribution in [2.24, 2.45) is 11.8 Å². The van der Waals surface area contributed by atoms with Gasteiger partial charge in [-0.25, -0.2) is 0 Å². The van der Waals surface area contributed by atoms with Gasteiger partial charge >= 0.3 is 0 Å². The monoisotopic (exact) mass is 318 g/mol. The number of nitrogens with zero attached hydrogens (tertiary/aromatic N) is 1. The summed E-state index contributed by atoms with van der Waals surface area (Å²) >= 11 is 0. The highest BCUT2D eigenvalue weighted by Crippen LogP contribution is 2.31. The lowest BCUT2D eigenvalue weighted by Gasteiger charge is -2.18. The lowest BCUT2D eigenvalue weighted by Crippen LogP contribution is -2.31. The van der Waals surface area contributed by atoms with E-state index in [2.05, 4.69) is 12.2 Å². The van der Waals surface area contributed by atoms with E-state index in [-0.39, 0.29) is 5.91 Å². The summed E-state index contributed by atoms with van der Waals surface area (Å²) in [6, 6.07) is 5.49. The molecule has 2 atom stereocenters. The molecule has 23 heavy (non-hydrogen) atoms. The number of hydrogen-bond donors (Lipinski definition) is 1. The van der Waals surface area contributed by atoms with E-state index in [0.29, 0.717) is 35.5 Å². The third-order valence-electron chi connectivity index (χ3n) is 4.84. The van der Waals surface area contributed by atoms with Crippen LogP contribution < -0.4 is 14.8 Å². The molecular formula is C18H26N2O3. The first-order valence-corrected chi connectivity index (χ1v) is 8.53. The number of ether oxygens (including phenoxy) is 2. The molecule has 1 N–H and O–H groups in total. The molecule has 1 amide bonds. The molecule has 0 aromatic heterocycles. The highest BCUT2D eigenvalue weighted by molar-refractivity contribution is 5.95. The van der Waals surface area contributed by atoms with Crippen molar-refractivity contribution >= 4 is 5.91 Å². The second-order valence-electron chi connectivity index (χ2n) is 6.46. The van der Waals surface area contributed by atoms with E-state index in [4.69, 9.17) is 9.47 Å². The van der Waals surface area contributed by atoms with Crippen LogP contribution in [0.2, 0.25) is 0 Å². The van der Waals surface area contributed by atoms with E-state index >= 15 is 0 Å². The van der Waals surface area contributed by atoms with Crippen molar-refractivity contribution < 1.29 is 14.3 Å². The molecule has 5 nitrogen and oxygen atoms in total. The van der Waals surface area contributed by atoms with Gasteiger partial charge in [0.15, 0.2) is 11.5 Å². The molecule has 2 fully saturated rings. The van der Waals surface area contributed by atoms with Crippen molar-refractivity contribution in [3.05, 3.63) is 23.8 Å². The second-order valence-corrected chi connectivity index (χ2v) is 6.46. The molecule has 1 aromatic carbocycles. The van der Waals surface area contributed by atoms with E-state index in [9.17, 15) is 4.79 Å². The molecule has 5 heteroatoms. The number of hydrogen-bond acceptors (Lipinski definition) is 4. The van der Waals surface area contributed by atoms with Gasteiger partial charge in [-0.3, -0.25) is 4.79 Å². The van der Waals surface area contributed by atoms with E-state index in [1.54, 1.807) is 13.2 Å². The van der Waals surface area contributed by atoms with E-state index in [0.717, 1.165) is 39.0 Å². The van der Waals surface area contributed by atoms with Crippen LogP contribution in [0.5, 0.6) is 11.5 Å². The number of fused-ring (bicyclic) bond motifs is 1. The molecule has 1 aromatic rings. The molecule has 0 spiro atoms. The predicted molar refractivity (Wildman–Crippen MR) is 89.2 cm³/mol. The van der Waals surface area contributed by atoms with Crippen LogP contribution in [-0.2, 0) is 0 Å². The summed E-state index contributed by atoms with van der Waals surface area (Å²) in [6.07, 6.45) is 2.10. The Balaban J connectivity index is 1.68. The van der Waals surface area contributed by atoms with Crippen molar-refractivity contribution in [3.8, 4) is 11.5 Å². The minimum atomic E-state index is 0.0952. The van der Waals surface area contributed by atoms with Gasteiger partial charge in [0.05, 0.1) is 13.7 Å². The predicted octanol–water partition coefficient (Wildman–Crippen LogP) is 2.17. The number of carbonyl (C=O) groups is 1. The maximum absolute atomic E-state index is 12.7. The number of amides is 1. The molecule has 2 aliphatic rings. The zero-order chi connectivity index (χ0) is 16.2. The highest BCUT2D eigenvalue weighted by Gasteiger charge is 2.38. The average Bonchev–Trinajstić information content (AvgIpc) is 3.16. The summed E-state index contributed by atoms with van der Waals surface area (Å²) in [7, 11) is 1.61. The summed E-state index contributed by atoms with van der Waals surface area (Å²) in [5.74, 6) is 2.65. The van der Waals surface area contributed by atoms with Crippen LogP contribution in [-0.4, -0.2) is 50.7 Å². The van der Waals surface area contributed by atoms with Crippen LogP contribution in [0.4, 0.5) is 0 Å². The zero-order valence-corrected chi connectivity index (χ0v) is 14.0. The topological polar surface area (TPSA) is 50.8 Å². The molecule has 0 unspecified atom stereocenters.